The second kappa shape index (κ2) is 6.75. The predicted molar refractivity (Wildman–Crippen MR) is 83.7 cm³/mol. The third-order valence-corrected chi connectivity index (χ3v) is 3.96. The minimum absolute atomic E-state index is 0.0648. The van der Waals surface area contributed by atoms with Gasteiger partial charge in [0.2, 0.25) is 5.91 Å². The lowest BCUT2D eigenvalue weighted by atomic mass is 10.0. The molecule has 1 saturated heterocycles. The van der Waals surface area contributed by atoms with Gasteiger partial charge in [0.1, 0.15) is 0 Å². The summed E-state index contributed by atoms with van der Waals surface area (Å²) in [5.74, 6) is 0.834. The maximum atomic E-state index is 12.1. The SMILES string of the molecule is CCCC1CCN(CC(=O)Nc2ccc(N)cc2C)C1. The summed E-state index contributed by atoms with van der Waals surface area (Å²) in [5, 5.41) is 2.97. The van der Waals surface area contributed by atoms with Gasteiger partial charge in [0.15, 0.2) is 0 Å². The summed E-state index contributed by atoms with van der Waals surface area (Å²) in [6.45, 7) is 6.77. The Hall–Kier alpha value is -1.55. The number of nitrogens with zero attached hydrogens (tertiary/aromatic N) is 1. The van der Waals surface area contributed by atoms with Gasteiger partial charge >= 0.3 is 0 Å². The molecule has 110 valence electrons. The molecule has 1 fully saturated rings. The second-order valence-corrected chi connectivity index (χ2v) is 5.80. The molecule has 3 N–H and O–H groups in total. The second-order valence-electron chi connectivity index (χ2n) is 5.80. The number of anilines is 2. The summed E-state index contributed by atoms with van der Waals surface area (Å²) in [4.78, 5) is 14.3. The van der Waals surface area contributed by atoms with E-state index in [1.54, 1.807) is 0 Å². The van der Waals surface area contributed by atoms with E-state index in [9.17, 15) is 4.79 Å². The van der Waals surface area contributed by atoms with Crippen LogP contribution in [-0.4, -0.2) is 30.4 Å². The third-order valence-electron chi connectivity index (χ3n) is 3.96. The standard InChI is InChI=1S/C16H25N3O/c1-3-4-13-7-8-19(10-13)11-16(20)18-15-6-5-14(17)9-12(15)2/h5-6,9,13H,3-4,7-8,10-11,17H2,1-2H3,(H,18,20). The van der Waals surface area contributed by atoms with Crippen LogP contribution in [0.5, 0.6) is 0 Å². The summed E-state index contributed by atoms with van der Waals surface area (Å²) in [6, 6.07) is 5.56. The van der Waals surface area contributed by atoms with Crippen LogP contribution in [0.4, 0.5) is 11.4 Å². The molecule has 1 atom stereocenters. The average Bonchev–Trinajstić information content (AvgIpc) is 2.81. The minimum Gasteiger partial charge on any atom is -0.399 e. The van der Waals surface area contributed by atoms with Crippen molar-refractivity contribution in [2.45, 2.75) is 33.1 Å². The van der Waals surface area contributed by atoms with Crippen LogP contribution in [0, 0.1) is 12.8 Å². The molecule has 0 aromatic heterocycles. The summed E-state index contributed by atoms with van der Waals surface area (Å²) in [6.07, 6.45) is 3.73. The van der Waals surface area contributed by atoms with Crippen molar-refractivity contribution in [2.75, 3.05) is 30.7 Å². The Bertz CT molecular complexity index is 473. The molecule has 0 bridgehead atoms. The van der Waals surface area contributed by atoms with E-state index in [-0.39, 0.29) is 5.91 Å². The van der Waals surface area contributed by atoms with Crippen LogP contribution in [-0.2, 0) is 4.79 Å². The molecule has 0 radical (unpaired) electrons. The molecule has 1 aromatic carbocycles. The molecule has 0 aliphatic carbocycles. The molecule has 1 aliphatic heterocycles. The van der Waals surface area contributed by atoms with E-state index in [1.807, 2.05) is 25.1 Å². The lowest BCUT2D eigenvalue weighted by molar-refractivity contribution is -0.117. The van der Waals surface area contributed by atoms with E-state index in [0.29, 0.717) is 6.54 Å². The third kappa shape index (κ3) is 3.97. The highest BCUT2D eigenvalue weighted by molar-refractivity contribution is 5.93. The lowest BCUT2D eigenvalue weighted by Gasteiger charge is -2.16. The molecule has 1 unspecified atom stereocenters. The monoisotopic (exact) mass is 275 g/mol. The van der Waals surface area contributed by atoms with Gasteiger partial charge < -0.3 is 11.1 Å². The molecule has 4 heteroatoms. The van der Waals surface area contributed by atoms with Crippen LogP contribution in [0.3, 0.4) is 0 Å². The lowest BCUT2D eigenvalue weighted by Crippen LogP contribution is -2.31. The smallest absolute Gasteiger partial charge is 0.238 e. The molecule has 1 aromatic rings. The van der Waals surface area contributed by atoms with E-state index < -0.39 is 0 Å². The first-order valence-corrected chi connectivity index (χ1v) is 7.46. The van der Waals surface area contributed by atoms with Crippen molar-refractivity contribution in [3.63, 3.8) is 0 Å². The van der Waals surface area contributed by atoms with Crippen LogP contribution in [0.15, 0.2) is 18.2 Å². The number of carbonyl (C=O) groups excluding carboxylic acids is 1. The molecule has 4 nitrogen and oxygen atoms in total. The quantitative estimate of drug-likeness (QED) is 0.812. The number of rotatable bonds is 5. The number of amides is 1. The zero-order valence-electron chi connectivity index (χ0n) is 12.5. The Morgan fingerprint density at radius 2 is 2.30 bits per heavy atom. The Morgan fingerprint density at radius 1 is 1.50 bits per heavy atom. The number of nitrogens with one attached hydrogen (secondary N) is 1. The molecule has 20 heavy (non-hydrogen) atoms. The van der Waals surface area contributed by atoms with Gasteiger partial charge in [0.25, 0.3) is 0 Å². The van der Waals surface area contributed by atoms with Crippen molar-refractivity contribution in [3.05, 3.63) is 23.8 Å². The molecule has 2 rings (SSSR count). The van der Waals surface area contributed by atoms with Gasteiger partial charge in [-0.3, -0.25) is 9.69 Å². The van der Waals surface area contributed by atoms with Crippen molar-refractivity contribution >= 4 is 17.3 Å². The number of benzene rings is 1. The normalized spacial score (nSPS) is 19.2. The first-order chi connectivity index (χ1) is 9.58. The summed E-state index contributed by atoms with van der Waals surface area (Å²) >= 11 is 0. The highest BCUT2D eigenvalue weighted by Crippen LogP contribution is 2.21. The van der Waals surface area contributed by atoms with Crippen molar-refractivity contribution in [2.24, 2.45) is 5.92 Å². The number of nitrogens with two attached hydrogens (primary N) is 1. The maximum Gasteiger partial charge on any atom is 0.238 e. The summed E-state index contributed by atoms with van der Waals surface area (Å²) in [5.41, 5.74) is 8.30. The zero-order valence-corrected chi connectivity index (χ0v) is 12.5. The van der Waals surface area contributed by atoms with Gasteiger partial charge in [0, 0.05) is 17.9 Å². The molecule has 1 heterocycles. The molecule has 1 amide bonds. The highest BCUT2D eigenvalue weighted by Gasteiger charge is 2.23. The average molecular weight is 275 g/mol. The number of aryl methyl sites for hydroxylation is 1. The highest BCUT2D eigenvalue weighted by atomic mass is 16.2. The van der Waals surface area contributed by atoms with Gasteiger partial charge in [-0.05, 0) is 56.0 Å². The Labute approximate surface area is 121 Å². The minimum atomic E-state index is 0.0648. The summed E-state index contributed by atoms with van der Waals surface area (Å²) in [7, 11) is 0. The predicted octanol–water partition coefficient (Wildman–Crippen LogP) is 2.64. The molecular formula is C16H25N3O. The topological polar surface area (TPSA) is 58.4 Å². The maximum absolute atomic E-state index is 12.1. The van der Waals surface area contributed by atoms with Gasteiger partial charge in [-0.15, -0.1) is 0 Å². The number of hydrogen-bond donors (Lipinski definition) is 2. The van der Waals surface area contributed by atoms with Gasteiger partial charge in [-0.1, -0.05) is 13.3 Å². The fraction of sp³-hybridized carbons (Fsp3) is 0.562. The number of nitrogen functional groups attached to an aromatic ring is 1. The van der Waals surface area contributed by atoms with E-state index >= 15 is 0 Å². The molecular weight excluding hydrogens is 250 g/mol. The first kappa shape index (κ1) is 14.9. The van der Waals surface area contributed by atoms with Crippen molar-refractivity contribution in [3.8, 4) is 0 Å². The van der Waals surface area contributed by atoms with E-state index in [4.69, 9.17) is 5.73 Å². The van der Waals surface area contributed by atoms with Crippen LogP contribution < -0.4 is 11.1 Å². The number of likely N-dealkylation sites (tertiary alicyclic amines) is 1. The van der Waals surface area contributed by atoms with Gasteiger partial charge in [-0.25, -0.2) is 0 Å². The van der Waals surface area contributed by atoms with Crippen LogP contribution in [0.2, 0.25) is 0 Å². The molecule has 1 aliphatic rings. The number of hydrogen-bond acceptors (Lipinski definition) is 3. The van der Waals surface area contributed by atoms with Gasteiger partial charge in [-0.2, -0.15) is 0 Å². The largest absolute Gasteiger partial charge is 0.399 e. The van der Waals surface area contributed by atoms with Crippen molar-refractivity contribution < 1.29 is 4.79 Å². The Balaban J connectivity index is 1.84. The van der Waals surface area contributed by atoms with Crippen molar-refractivity contribution in [1.82, 2.24) is 4.90 Å². The van der Waals surface area contributed by atoms with Crippen LogP contribution in [0.25, 0.3) is 0 Å². The van der Waals surface area contributed by atoms with E-state index in [2.05, 4.69) is 17.1 Å². The Morgan fingerprint density at radius 3 is 3.00 bits per heavy atom. The zero-order chi connectivity index (χ0) is 14.5. The number of carbonyl (C=O) groups is 1. The fourth-order valence-corrected chi connectivity index (χ4v) is 2.92. The van der Waals surface area contributed by atoms with Crippen molar-refractivity contribution in [1.29, 1.82) is 0 Å². The molecule has 0 spiro atoms. The van der Waals surface area contributed by atoms with Gasteiger partial charge in [0.05, 0.1) is 6.54 Å². The Kier molecular flexibility index (Phi) is 5.01. The fourth-order valence-electron chi connectivity index (χ4n) is 2.92. The van der Waals surface area contributed by atoms with Crippen LogP contribution in [0.1, 0.15) is 31.7 Å². The first-order valence-electron chi connectivity index (χ1n) is 7.46. The van der Waals surface area contributed by atoms with E-state index in [1.165, 1.54) is 19.3 Å². The molecule has 0 saturated carbocycles. The van der Waals surface area contributed by atoms with E-state index in [0.717, 1.165) is 35.9 Å². The summed E-state index contributed by atoms with van der Waals surface area (Å²) < 4.78 is 0. The van der Waals surface area contributed by atoms with Crippen LogP contribution >= 0.6 is 0 Å².